The highest BCUT2D eigenvalue weighted by atomic mass is 35.5. The molecule has 4 rings (SSSR count). The third kappa shape index (κ3) is 4.53. The fourth-order valence-electron chi connectivity index (χ4n) is 3.58. The molecule has 172 valence electrons. The zero-order chi connectivity index (χ0) is 24.4. The third-order valence-electron chi connectivity index (χ3n) is 5.23. The average molecular weight is 482 g/mol. The summed E-state index contributed by atoms with van der Waals surface area (Å²) in [5.74, 6) is -2.90. The number of anilines is 1. The molecule has 0 saturated carbocycles. The molecule has 0 aliphatic rings. The van der Waals surface area contributed by atoms with Gasteiger partial charge in [0.2, 0.25) is 0 Å². The van der Waals surface area contributed by atoms with Crippen LogP contribution in [0, 0.1) is 11.6 Å². The Morgan fingerprint density at radius 3 is 2.26 bits per heavy atom. The molecule has 0 atom stereocenters. The summed E-state index contributed by atoms with van der Waals surface area (Å²) in [6.07, 6.45) is -0.537. The smallest absolute Gasteiger partial charge is 0.307 e. The second kappa shape index (κ2) is 9.44. The standard InChI is InChI=1S/C25H18ClF2N3O3/c1-30(18-12-10-17(27)11-13-18)25(34)23-19(14-22(32)33)24(15-6-8-16(26)9-7-15)31(29-23)21-5-3-2-4-20(21)28/h2-13H,14H2,1H3,(H,32,33). The minimum atomic E-state index is -1.19. The fraction of sp³-hybridized carbons (Fsp3) is 0.0800. The molecule has 0 aliphatic carbocycles. The number of carboxylic acid groups (broad SMARTS) is 1. The number of carbonyl (C=O) groups excluding carboxylic acids is 1. The maximum Gasteiger partial charge on any atom is 0.307 e. The first-order valence-electron chi connectivity index (χ1n) is 10.1. The molecule has 4 aromatic rings. The zero-order valence-electron chi connectivity index (χ0n) is 17.9. The molecule has 0 saturated heterocycles. The number of benzene rings is 3. The van der Waals surface area contributed by atoms with Crippen LogP contribution >= 0.6 is 11.6 Å². The quantitative estimate of drug-likeness (QED) is 0.401. The third-order valence-corrected chi connectivity index (χ3v) is 5.48. The van der Waals surface area contributed by atoms with Gasteiger partial charge in [-0.1, -0.05) is 35.9 Å². The normalized spacial score (nSPS) is 10.8. The van der Waals surface area contributed by atoms with Gasteiger partial charge in [-0.05, 0) is 48.5 Å². The van der Waals surface area contributed by atoms with Crippen LogP contribution in [0.1, 0.15) is 16.1 Å². The number of hydrogen-bond donors (Lipinski definition) is 1. The highest BCUT2D eigenvalue weighted by Gasteiger charge is 2.29. The summed E-state index contributed by atoms with van der Waals surface area (Å²) in [5.41, 5.74) is 1.11. The van der Waals surface area contributed by atoms with E-state index in [0.29, 0.717) is 16.3 Å². The Kier molecular flexibility index (Phi) is 6.43. The van der Waals surface area contributed by atoms with Crippen molar-refractivity contribution in [2.45, 2.75) is 6.42 Å². The highest BCUT2D eigenvalue weighted by molar-refractivity contribution is 6.30. The maximum absolute atomic E-state index is 14.8. The van der Waals surface area contributed by atoms with E-state index in [2.05, 4.69) is 5.10 Å². The molecule has 0 fully saturated rings. The van der Waals surface area contributed by atoms with Crippen molar-refractivity contribution in [2.24, 2.45) is 0 Å². The van der Waals surface area contributed by atoms with Gasteiger partial charge in [0.25, 0.3) is 5.91 Å². The van der Waals surface area contributed by atoms with Crippen LogP contribution in [-0.2, 0) is 11.2 Å². The van der Waals surface area contributed by atoms with Crippen molar-refractivity contribution in [1.82, 2.24) is 9.78 Å². The first-order chi connectivity index (χ1) is 16.3. The maximum atomic E-state index is 14.8. The van der Waals surface area contributed by atoms with Crippen molar-refractivity contribution in [1.29, 1.82) is 0 Å². The Morgan fingerprint density at radius 1 is 1.00 bits per heavy atom. The summed E-state index contributed by atoms with van der Waals surface area (Å²) < 4.78 is 29.3. The molecular formula is C25H18ClF2N3O3. The summed E-state index contributed by atoms with van der Waals surface area (Å²) >= 11 is 6.02. The average Bonchev–Trinajstić information content (AvgIpc) is 3.17. The lowest BCUT2D eigenvalue weighted by molar-refractivity contribution is -0.136. The SMILES string of the molecule is CN(C(=O)c1nn(-c2ccccc2F)c(-c2ccc(Cl)cc2)c1CC(=O)O)c1ccc(F)cc1. The minimum Gasteiger partial charge on any atom is -0.481 e. The summed E-state index contributed by atoms with van der Waals surface area (Å²) in [6, 6.07) is 17.6. The van der Waals surface area contributed by atoms with E-state index in [1.165, 1.54) is 59.1 Å². The Hall–Kier alpha value is -4.04. The van der Waals surface area contributed by atoms with Gasteiger partial charge in [-0.2, -0.15) is 5.10 Å². The van der Waals surface area contributed by atoms with Crippen molar-refractivity contribution in [3.8, 4) is 16.9 Å². The van der Waals surface area contributed by atoms with Crippen molar-refractivity contribution in [3.05, 3.63) is 101 Å². The van der Waals surface area contributed by atoms with Crippen molar-refractivity contribution in [3.63, 3.8) is 0 Å². The van der Waals surface area contributed by atoms with E-state index in [-0.39, 0.29) is 22.6 Å². The number of carbonyl (C=O) groups is 2. The number of carboxylic acids is 1. The number of halogens is 3. The molecule has 0 spiro atoms. The molecule has 9 heteroatoms. The number of nitrogens with zero attached hydrogens (tertiary/aromatic N) is 3. The first-order valence-corrected chi connectivity index (χ1v) is 10.5. The fourth-order valence-corrected chi connectivity index (χ4v) is 3.71. The Bertz CT molecular complexity index is 1370. The number of para-hydroxylation sites is 1. The zero-order valence-corrected chi connectivity index (χ0v) is 18.6. The van der Waals surface area contributed by atoms with E-state index in [9.17, 15) is 23.5 Å². The predicted octanol–water partition coefficient (Wildman–Crippen LogP) is 5.37. The lowest BCUT2D eigenvalue weighted by Crippen LogP contribution is -2.28. The van der Waals surface area contributed by atoms with Crippen LogP contribution in [0.25, 0.3) is 16.9 Å². The predicted molar refractivity (Wildman–Crippen MR) is 124 cm³/mol. The van der Waals surface area contributed by atoms with Crippen molar-refractivity contribution >= 4 is 29.2 Å². The van der Waals surface area contributed by atoms with Gasteiger partial charge in [0.1, 0.15) is 17.3 Å². The highest BCUT2D eigenvalue weighted by Crippen LogP contribution is 2.32. The largest absolute Gasteiger partial charge is 0.481 e. The van der Waals surface area contributed by atoms with Gasteiger partial charge in [0, 0.05) is 28.9 Å². The molecule has 34 heavy (non-hydrogen) atoms. The van der Waals surface area contributed by atoms with Gasteiger partial charge in [-0.3, -0.25) is 9.59 Å². The van der Waals surface area contributed by atoms with Crippen LogP contribution in [0.4, 0.5) is 14.5 Å². The van der Waals surface area contributed by atoms with E-state index in [4.69, 9.17) is 11.6 Å². The van der Waals surface area contributed by atoms with E-state index in [1.807, 2.05) is 0 Å². The monoisotopic (exact) mass is 481 g/mol. The first kappa shape index (κ1) is 23.1. The van der Waals surface area contributed by atoms with E-state index < -0.39 is 29.9 Å². The van der Waals surface area contributed by atoms with Crippen LogP contribution in [0.5, 0.6) is 0 Å². The lowest BCUT2D eigenvalue weighted by atomic mass is 10.0. The van der Waals surface area contributed by atoms with Crippen LogP contribution in [0.2, 0.25) is 5.02 Å². The van der Waals surface area contributed by atoms with Crippen molar-refractivity contribution < 1.29 is 23.5 Å². The Labute approximate surface area is 198 Å². The Balaban J connectivity index is 1.96. The second-order valence-electron chi connectivity index (χ2n) is 7.46. The molecule has 0 bridgehead atoms. The molecule has 3 aromatic carbocycles. The summed E-state index contributed by atoms with van der Waals surface area (Å²) in [4.78, 5) is 26.4. The second-order valence-corrected chi connectivity index (χ2v) is 7.89. The van der Waals surface area contributed by atoms with Gasteiger partial charge in [0.15, 0.2) is 5.69 Å². The molecule has 0 radical (unpaired) electrons. The number of amides is 1. The van der Waals surface area contributed by atoms with Crippen LogP contribution in [-0.4, -0.2) is 33.8 Å². The van der Waals surface area contributed by atoms with E-state index in [1.54, 1.807) is 30.3 Å². The summed E-state index contributed by atoms with van der Waals surface area (Å²) in [5, 5.41) is 14.4. The van der Waals surface area contributed by atoms with Crippen LogP contribution in [0.15, 0.2) is 72.8 Å². The van der Waals surface area contributed by atoms with Gasteiger partial charge < -0.3 is 10.0 Å². The van der Waals surface area contributed by atoms with Crippen LogP contribution in [0.3, 0.4) is 0 Å². The molecule has 0 aliphatic heterocycles. The van der Waals surface area contributed by atoms with Gasteiger partial charge >= 0.3 is 5.97 Å². The van der Waals surface area contributed by atoms with Gasteiger partial charge in [0.05, 0.1) is 12.1 Å². The molecule has 1 heterocycles. The van der Waals surface area contributed by atoms with Crippen molar-refractivity contribution in [2.75, 3.05) is 11.9 Å². The molecular weight excluding hydrogens is 464 g/mol. The molecule has 0 unspecified atom stereocenters. The van der Waals surface area contributed by atoms with E-state index >= 15 is 0 Å². The number of aromatic nitrogens is 2. The van der Waals surface area contributed by atoms with E-state index in [0.717, 1.165) is 0 Å². The number of hydrogen-bond acceptors (Lipinski definition) is 3. The number of rotatable bonds is 6. The summed E-state index contributed by atoms with van der Waals surface area (Å²) in [6.45, 7) is 0. The molecule has 6 nitrogen and oxygen atoms in total. The van der Waals surface area contributed by atoms with Gasteiger partial charge in [-0.15, -0.1) is 0 Å². The number of aliphatic carboxylic acids is 1. The minimum absolute atomic E-state index is 0.0441. The molecule has 1 aromatic heterocycles. The molecule has 1 amide bonds. The van der Waals surface area contributed by atoms with Crippen LogP contribution < -0.4 is 4.90 Å². The Morgan fingerprint density at radius 2 is 1.65 bits per heavy atom. The van der Waals surface area contributed by atoms with Gasteiger partial charge in [-0.25, -0.2) is 13.5 Å². The molecule has 1 N–H and O–H groups in total. The summed E-state index contributed by atoms with van der Waals surface area (Å²) in [7, 11) is 1.46. The topological polar surface area (TPSA) is 75.4 Å². The lowest BCUT2D eigenvalue weighted by Gasteiger charge is -2.16.